The van der Waals surface area contributed by atoms with E-state index in [0.717, 1.165) is 52.0 Å². The molecular weight excluding hydrogens is 410 g/mol. The maximum Gasteiger partial charge on any atom is 0.225 e. The zero-order valence-corrected chi connectivity index (χ0v) is 18.5. The number of nitrogens with zero attached hydrogens (tertiary/aromatic N) is 4. The molecule has 4 heterocycles. The molecule has 8 heteroatoms. The first-order valence-electron chi connectivity index (χ1n) is 10.6. The Labute approximate surface area is 184 Å². The van der Waals surface area contributed by atoms with Crippen LogP contribution in [0.15, 0.2) is 47.1 Å². The van der Waals surface area contributed by atoms with Crippen LogP contribution in [0.3, 0.4) is 0 Å². The summed E-state index contributed by atoms with van der Waals surface area (Å²) < 4.78 is 8.33. The second kappa shape index (κ2) is 8.19. The maximum atomic E-state index is 12.7. The highest BCUT2D eigenvalue weighted by molar-refractivity contribution is 7.22. The number of hydrogen-bond donors (Lipinski definition) is 1. The van der Waals surface area contributed by atoms with Gasteiger partial charge in [0.05, 0.1) is 34.8 Å². The van der Waals surface area contributed by atoms with E-state index in [-0.39, 0.29) is 11.8 Å². The highest BCUT2D eigenvalue weighted by Gasteiger charge is 2.28. The van der Waals surface area contributed by atoms with E-state index >= 15 is 0 Å². The summed E-state index contributed by atoms with van der Waals surface area (Å²) in [6.07, 6.45) is 3.48. The second-order valence-electron chi connectivity index (χ2n) is 8.06. The van der Waals surface area contributed by atoms with E-state index in [1.807, 2.05) is 23.7 Å². The molecule has 0 saturated carbocycles. The third kappa shape index (κ3) is 3.95. The number of hydrogen-bond acceptors (Lipinski definition) is 6. The van der Waals surface area contributed by atoms with E-state index in [2.05, 4.69) is 41.4 Å². The number of rotatable bonds is 5. The smallest absolute Gasteiger partial charge is 0.225 e. The number of benzene rings is 1. The molecule has 1 N–H and O–H groups in total. The summed E-state index contributed by atoms with van der Waals surface area (Å²) >= 11 is 1.66. The fourth-order valence-corrected chi connectivity index (χ4v) is 5.04. The number of fused-ring (bicyclic) bond motifs is 1. The van der Waals surface area contributed by atoms with E-state index in [1.54, 1.807) is 17.6 Å². The molecule has 1 saturated heterocycles. The average Bonchev–Trinajstić information content (AvgIpc) is 3.52. The minimum atomic E-state index is -0.0505. The minimum Gasteiger partial charge on any atom is -0.467 e. The van der Waals surface area contributed by atoms with Crippen LogP contribution in [0.2, 0.25) is 0 Å². The number of piperidine rings is 1. The van der Waals surface area contributed by atoms with Gasteiger partial charge >= 0.3 is 0 Å². The van der Waals surface area contributed by atoms with Crippen molar-refractivity contribution in [3.8, 4) is 5.69 Å². The Hall–Kier alpha value is -3.13. The van der Waals surface area contributed by atoms with Gasteiger partial charge in [-0.3, -0.25) is 4.79 Å². The van der Waals surface area contributed by atoms with Crippen LogP contribution in [0.25, 0.3) is 16.0 Å². The predicted octanol–water partition coefficient (Wildman–Crippen LogP) is 4.22. The number of carbonyl (C=O) groups excluding carboxylic acids is 1. The van der Waals surface area contributed by atoms with Crippen LogP contribution in [0.5, 0.6) is 0 Å². The standard InChI is InChI=1S/C23H25N5O2S/c1-15-7-9-18(10-8-15)28-21-20(16(2)26-28)31-23(25-21)27-11-3-5-17(14-27)22(29)24-13-19-6-4-12-30-19/h4,6-10,12,17H,3,5,11,13-14H2,1-2H3,(H,24,29). The molecule has 5 rings (SSSR count). The summed E-state index contributed by atoms with van der Waals surface area (Å²) in [5.74, 6) is 0.790. The van der Waals surface area contributed by atoms with Crippen molar-refractivity contribution in [2.75, 3.05) is 18.0 Å². The normalized spacial score (nSPS) is 16.7. The van der Waals surface area contributed by atoms with Gasteiger partial charge in [-0.25, -0.2) is 4.68 Å². The van der Waals surface area contributed by atoms with Crippen LogP contribution < -0.4 is 10.2 Å². The van der Waals surface area contributed by atoms with Gasteiger partial charge in [0.25, 0.3) is 0 Å². The number of aryl methyl sites for hydroxylation is 2. The zero-order valence-electron chi connectivity index (χ0n) is 17.7. The number of nitrogens with one attached hydrogen (secondary N) is 1. The van der Waals surface area contributed by atoms with Crippen molar-refractivity contribution >= 4 is 32.7 Å². The zero-order chi connectivity index (χ0) is 21.4. The molecule has 1 amide bonds. The molecule has 1 aliphatic rings. The molecule has 0 bridgehead atoms. The SMILES string of the molecule is Cc1ccc(-n2nc(C)c3sc(N4CCCC(C(=O)NCc5ccco5)C4)nc32)cc1. The van der Waals surface area contributed by atoms with Crippen molar-refractivity contribution in [3.63, 3.8) is 0 Å². The molecule has 1 aromatic carbocycles. The van der Waals surface area contributed by atoms with Crippen LogP contribution in [0, 0.1) is 19.8 Å². The molecule has 4 aromatic rings. The lowest BCUT2D eigenvalue weighted by molar-refractivity contribution is -0.125. The lowest BCUT2D eigenvalue weighted by Gasteiger charge is -2.31. The highest BCUT2D eigenvalue weighted by Crippen LogP contribution is 2.34. The summed E-state index contributed by atoms with van der Waals surface area (Å²) in [6.45, 7) is 6.11. The van der Waals surface area contributed by atoms with Crippen molar-refractivity contribution in [2.45, 2.75) is 33.2 Å². The van der Waals surface area contributed by atoms with Crippen LogP contribution in [-0.4, -0.2) is 33.8 Å². The average molecular weight is 436 g/mol. The van der Waals surface area contributed by atoms with Gasteiger partial charge in [-0.1, -0.05) is 29.0 Å². The van der Waals surface area contributed by atoms with E-state index < -0.39 is 0 Å². The van der Waals surface area contributed by atoms with E-state index in [9.17, 15) is 4.79 Å². The Morgan fingerprint density at radius 1 is 1.26 bits per heavy atom. The molecule has 0 radical (unpaired) electrons. The Bertz CT molecular complexity index is 1190. The highest BCUT2D eigenvalue weighted by atomic mass is 32.1. The molecular formula is C23H25N5O2S. The number of furan rings is 1. The molecule has 0 spiro atoms. The summed E-state index contributed by atoms with van der Waals surface area (Å²) in [5, 5.41) is 8.66. The first-order chi connectivity index (χ1) is 15.1. The topological polar surface area (TPSA) is 76.2 Å². The summed E-state index contributed by atoms with van der Waals surface area (Å²) in [7, 11) is 0. The fraction of sp³-hybridized carbons (Fsp3) is 0.348. The largest absolute Gasteiger partial charge is 0.467 e. The van der Waals surface area contributed by atoms with Crippen LogP contribution >= 0.6 is 11.3 Å². The third-order valence-electron chi connectivity index (χ3n) is 5.74. The molecule has 160 valence electrons. The summed E-state index contributed by atoms with van der Waals surface area (Å²) in [5.41, 5.74) is 4.08. The van der Waals surface area contributed by atoms with Crippen molar-refractivity contribution in [1.29, 1.82) is 0 Å². The van der Waals surface area contributed by atoms with Crippen LogP contribution in [-0.2, 0) is 11.3 Å². The molecule has 3 aromatic heterocycles. The molecule has 0 aliphatic carbocycles. The van der Waals surface area contributed by atoms with Crippen molar-refractivity contribution in [1.82, 2.24) is 20.1 Å². The second-order valence-corrected chi connectivity index (χ2v) is 9.04. The van der Waals surface area contributed by atoms with Crippen molar-refractivity contribution in [3.05, 3.63) is 59.7 Å². The molecule has 1 unspecified atom stereocenters. The molecule has 1 atom stereocenters. The third-order valence-corrected chi connectivity index (χ3v) is 6.95. The van der Waals surface area contributed by atoms with Crippen LogP contribution in [0.4, 0.5) is 5.13 Å². The van der Waals surface area contributed by atoms with Gasteiger partial charge in [0.15, 0.2) is 10.8 Å². The molecule has 1 fully saturated rings. The van der Waals surface area contributed by atoms with Crippen molar-refractivity contribution in [2.24, 2.45) is 5.92 Å². The maximum absolute atomic E-state index is 12.7. The first kappa shape index (κ1) is 19.8. The Balaban J connectivity index is 1.34. The van der Waals surface area contributed by atoms with Crippen molar-refractivity contribution < 1.29 is 9.21 Å². The van der Waals surface area contributed by atoms with Gasteiger partial charge in [0.2, 0.25) is 5.91 Å². The van der Waals surface area contributed by atoms with Gasteiger partial charge < -0.3 is 14.6 Å². The van der Waals surface area contributed by atoms with Gasteiger partial charge in [-0.2, -0.15) is 10.1 Å². The summed E-state index contributed by atoms with van der Waals surface area (Å²) in [6, 6.07) is 12.0. The fourth-order valence-electron chi connectivity index (χ4n) is 4.02. The molecule has 7 nitrogen and oxygen atoms in total. The first-order valence-corrected chi connectivity index (χ1v) is 11.4. The number of thiazole rings is 1. The van der Waals surface area contributed by atoms with E-state index in [0.29, 0.717) is 13.1 Å². The van der Waals surface area contributed by atoms with Crippen LogP contribution in [0.1, 0.15) is 29.9 Å². The summed E-state index contributed by atoms with van der Waals surface area (Å²) in [4.78, 5) is 19.9. The van der Waals surface area contributed by atoms with E-state index in [1.165, 1.54) is 5.56 Å². The Kier molecular flexibility index (Phi) is 5.23. The Morgan fingerprint density at radius 2 is 2.10 bits per heavy atom. The predicted molar refractivity (Wildman–Crippen MR) is 122 cm³/mol. The quantitative estimate of drug-likeness (QED) is 0.508. The Morgan fingerprint density at radius 3 is 2.87 bits per heavy atom. The monoisotopic (exact) mass is 435 g/mol. The molecule has 1 aliphatic heterocycles. The van der Waals surface area contributed by atoms with Gasteiger partial charge in [-0.15, -0.1) is 0 Å². The van der Waals surface area contributed by atoms with Gasteiger partial charge in [-0.05, 0) is 51.0 Å². The van der Waals surface area contributed by atoms with Gasteiger partial charge in [0.1, 0.15) is 5.76 Å². The minimum absolute atomic E-state index is 0.0505. The lowest BCUT2D eigenvalue weighted by Crippen LogP contribution is -2.42. The van der Waals surface area contributed by atoms with E-state index in [4.69, 9.17) is 14.5 Å². The number of amides is 1. The van der Waals surface area contributed by atoms with Gasteiger partial charge in [0, 0.05) is 13.1 Å². The number of carbonyl (C=O) groups is 1. The molecule has 31 heavy (non-hydrogen) atoms. The lowest BCUT2D eigenvalue weighted by atomic mass is 9.97. The number of anilines is 1. The number of aromatic nitrogens is 3.